The van der Waals surface area contributed by atoms with Crippen molar-refractivity contribution < 1.29 is 13.2 Å². The number of nitriles is 1. The molecule has 1 N–H and O–H groups in total. The summed E-state index contributed by atoms with van der Waals surface area (Å²) in [7, 11) is -3.50. The summed E-state index contributed by atoms with van der Waals surface area (Å²) in [6.07, 6.45) is 3.72. The van der Waals surface area contributed by atoms with E-state index in [-0.39, 0.29) is 18.5 Å². The van der Waals surface area contributed by atoms with E-state index in [9.17, 15) is 18.5 Å². The van der Waals surface area contributed by atoms with Gasteiger partial charge in [-0.2, -0.15) is 9.57 Å². The third-order valence-electron chi connectivity index (χ3n) is 6.52. The van der Waals surface area contributed by atoms with E-state index >= 15 is 0 Å². The largest absolute Gasteiger partial charge is 0.334 e. The second-order valence-corrected chi connectivity index (χ2v) is 10.7. The van der Waals surface area contributed by atoms with E-state index in [0.717, 1.165) is 24.0 Å². The highest BCUT2D eigenvalue weighted by Gasteiger charge is 2.41. The average Bonchev–Trinajstić information content (AvgIpc) is 2.74. The summed E-state index contributed by atoms with van der Waals surface area (Å²) in [5.41, 5.74) is 1.40. The van der Waals surface area contributed by atoms with Crippen molar-refractivity contribution in [1.82, 2.24) is 9.62 Å². The van der Waals surface area contributed by atoms with Crippen molar-refractivity contribution in [3.63, 3.8) is 0 Å². The number of benzene rings is 2. The molecule has 2 fully saturated rings. The molecule has 7 heteroatoms. The molecule has 2 aliphatic rings. The first-order chi connectivity index (χ1) is 14.8. The zero-order valence-electron chi connectivity index (χ0n) is 17.6. The molecular weight excluding hydrogens is 410 g/mol. The van der Waals surface area contributed by atoms with E-state index in [1.807, 2.05) is 37.3 Å². The van der Waals surface area contributed by atoms with Crippen LogP contribution in [0.2, 0.25) is 0 Å². The number of sulfonamides is 1. The molecule has 0 radical (unpaired) electrons. The maximum absolute atomic E-state index is 13.4. The summed E-state index contributed by atoms with van der Waals surface area (Å²) in [6, 6.07) is 18.5. The van der Waals surface area contributed by atoms with Crippen LogP contribution in [0.3, 0.4) is 0 Å². The van der Waals surface area contributed by atoms with Crippen LogP contribution in [0, 0.1) is 11.3 Å². The predicted octanol–water partition coefficient (Wildman–Crippen LogP) is 3.92. The molecule has 2 unspecified atom stereocenters. The summed E-state index contributed by atoms with van der Waals surface area (Å²) in [6.45, 7) is 2.22. The van der Waals surface area contributed by atoms with Gasteiger partial charge < -0.3 is 5.32 Å². The Morgan fingerprint density at radius 3 is 2.39 bits per heavy atom. The van der Waals surface area contributed by atoms with E-state index in [1.54, 1.807) is 28.6 Å². The number of carbonyl (C=O) groups excluding carboxylic acids is 1. The predicted molar refractivity (Wildman–Crippen MR) is 118 cm³/mol. The Balaban J connectivity index is 1.49. The van der Waals surface area contributed by atoms with E-state index in [0.29, 0.717) is 24.8 Å². The molecule has 2 atom stereocenters. The van der Waals surface area contributed by atoms with Crippen LogP contribution in [-0.4, -0.2) is 30.2 Å². The van der Waals surface area contributed by atoms with Crippen LogP contribution in [0.5, 0.6) is 0 Å². The maximum Gasteiger partial charge on any atom is 0.252 e. The molecule has 1 saturated carbocycles. The fourth-order valence-corrected chi connectivity index (χ4v) is 6.58. The number of hydrogen-bond acceptors (Lipinski definition) is 4. The molecule has 2 aromatic carbocycles. The van der Waals surface area contributed by atoms with Crippen LogP contribution in [0.25, 0.3) is 0 Å². The zero-order valence-corrected chi connectivity index (χ0v) is 18.4. The van der Waals surface area contributed by atoms with E-state index in [1.165, 1.54) is 0 Å². The summed E-state index contributed by atoms with van der Waals surface area (Å²) < 4.78 is 28.3. The normalized spacial score (nSPS) is 24.5. The van der Waals surface area contributed by atoms with E-state index < -0.39 is 20.8 Å². The third kappa shape index (κ3) is 4.23. The van der Waals surface area contributed by atoms with Gasteiger partial charge in [0.15, 0.2) is 0 Å². The monoisotopic (exact) mass is 437 g/mol. The van der Waals surface area contributed by atoms with Crippen molar-refractivity contribution >= 4 is 15.9 Å². The first-order valence-electron chi connectivity index (χ1n) is 10.7. The zero-order chi connectivity index (χ0) is 22.1. The second-order valence-electron chi connectivity index (χ2n) is 8.61. The number of hydrogen-bond donors (Lipinski definition) is 1. The average molecular weight is 438 g/mol. The Morgan fingerprint density at radius 1 is 1.13 bits per heavy atom. The number of nitrogens with zero attached hydrogens (tertiary/aromatic N) is 2. The highest BCUT2D eigenvalue weighted by molar-refractivity contribution is 7.89. The van der Waals surface area contributed by atoms with Crippen molar-refractivity contribution in [3.8, 4) is 6.07 Å². The molecule has 1 heterocycles. The van der Waals surface area contributed by atoms with Gasteiger partial charge in [0.2, 0.25) is 10.0 Å². The quantitative estimate of drug-likeness (QED) is 0.768. The van der Waals surface area contributed by atoms with Crippen LogP contribution < -0.4 is 5.32 Å². The van der Waals surface area contributed by atoms with Gasteiger partial charge in [0, 0.05) is 18.2 Å². The lowest BCUT2D eigenvalue weighted by molar-refractivity contribution is 0.0881. The molecule has 0 bridgehead atoms. The molecule has 4 rings (SSSR count). The van der Waals surface area contributed by atoms with Crippen LogP contribution in [0.1, 0.15) is 65.8 Å². The van der Waals surface area contributed by atoms with Crippen LogP contribution in [-0.2, 0) is 16.6 Å². The van der Waals surface area contributed by atoms with Crippen LogP contribution >= 0.6 is 0 Å². The minimum absolute atomic E-state index is 0.0814. The van der Waals surface area contributed by atoms with E-state index in [2.05, 4.69) is 11.4 Å². The Hall–Kier alpha value is -2.69. The van der Waals surface area contributed by atoms with Gasteiger partial charge in [-0.3, -0.25) is 4.79 Å². The van der Waals surface area contributed by atoms with Crippen molar-refractivity contribution in [1.29, 1.82) is 5.26 Å². The Kier molecular flexibility index (Phi) is 5.87. The number of rotatable bonds is 5. The second kappa shape index (κ2) is 8.45. The smallest absolute Gasteiger partial charge is 0.252 e. The molecule has 162 valence electrons. The summed E-state index contributed by atoms with van der Waals surface area (Å²) in [5, 5.41) is 11.6. The van der Waals surface area contributed by atoms with Gasteiger partial charge in [-0.1, -0.05) is 42.5 Å². The van der Waals surface area contributed by atoms with Gasteiger partial charge in [0.1, 0.15) is 10.8 Å². The van der Waals surface area contributed by atoms with Gasteiger partial charge in [0.25, 0.3) is 5.91 Å². The standard InChI is InChI=1S/C24H27N3O3S/c1-18-8-13-22(20-6-3-2-4-7-20)31(29,30)27(18)16-19-9-11-21(12-10-19)23(28)26-24(17-25)14-5-15-24/h2-4,6-7,9-12,18,22H,5,8,13-16H2,1H3,(H,26,28). The summed E-state index contributed by atoms with van der Waals surface area (Å²) >= 11 is 0. The third-order valence-corrected chi connectivity index (χ3v) is 8.89. The van der Waals surface area contributed by atoms with E-state index in [4.69, 9.17) is 0 Å². The van der Waals surface area contributed by atoms with Gasteiger partial charge in [0.05, 0.1) is 6.07 Å². The van der Waals surface area contributed by atoms with Gasteiger partial charge in [-0.15, -0.1) is 0 Å². The molecule has 1 aliphatic carbocycles. The molecule has 31 heavy (non-hydrogen) atoms. The van der Waals surface area contributed by atoms with Gasteiger partial charge in [-0.05, 0) is 62.3 Å². The molecule has 1 saturated heterocycles. The molecule has 2 aromatic rings. The highest BCUT2D eigenvalue weighted by atomic mass is 32.2. The highest BCUT2D eigenvalue weighted by Crippen LogP contribution is 2.38. The summed E-state index contributed by atoms with van der Waals surface area (Å²) in [4.78, 5) is 12.5. The van der Waals surface area contributed by atoms with Crippen molar-refractivity contribution in [2.24, 2.45) is 0 Å². The first kappa shape index (κ1) is 21.5. The molecule has 0 spiro atoms. The minimum Gasteiger partial charge on any atom is -0.334 e. The van der Waals surface area contributed by atoms with Crippen LogP contribution in [0.15, 0.2) is 54.6 Å². The lowest BCUT2D eigenvalue weighted by Crippen LogP contribution is -2.52. The Bertz CT molecular complexity index is 1090. The first-order valence-corrected chi connectivity index (χ1v) is 12.2. The van der Waals surface area contributed by atoms with Gasteiger partial charge in [-0.25, -0.2) is 8.42 Å². The number of nitrogens with one attached hydrogen (secondary N) is 1. The Labute approximate surface area is 183 Å². The fourth-order valence-electron chi connectivity index (χ4n) is 4.38. The molecule has 6 nitrogen and oxygen atoms in total. The number of amides is 1. The molecular formula is C24H27N3O3S. The van der Waals surface area contributed by atoms with Crippen molar-refractivity contribution in [2.45, 2.75) is 62.4 Å². The fraction of sp³-hybridized carbons (Fsp3) is 0.417. The van der Waals surface area contributed by atoms with Crippen molar-refractivity contribution in [3.05, 3.63) is 71.3 Å². The molecule has 1 aliphatic heterocycles. The number of carbonyl (C=O) groups is 1. The van der Waals surface area contributed by atoms with Crippen LogP contribution in [0.4, 0.5) is 0 Å². The molecule has 0 aromatic heterocycles. The van der Waals surface area contributed by atoms with Crippen molar-refractivity contribution in [2.75, 3.05) is 0 Å². The molecule has 1 amide bonds. The lowest BCUT2D eigenvalue weighted by Gasteiger charge is -2.37. The minimum atomic E-state index is -3.50. The SMILES string of the molecule is CC1CCC(c2ccccc2)S(=O)(=O)N1Cc1ccc(C(=O)NC2(C#N)CCC2)cc1. The Morgan fingerprint density at radius 2 is 1.81 bits per heavy atom. The summed E-state index contributed by atoms with van der Waals surface area (Å²) in [5.74, 6) is -0.268. The lowest BCUT2D eigenvalue weighted by atomic mass is 9.78. The van der Waals surface area contributed by atoms with Gasteiger partial charge >= 0.3 is 0 Å². The topological polar surface area (TPSA) is 90.3 Å². The maximum atomic E-state index is 13.4.